The van der Waals surface area contributed by atoms with E-state index in [4.69, 9.17) is 5.73 Å². The van der Waals surface area contributed by atoms with Crippen molar-refractivity contribution in [3.63, 3.8) is 0 Å². The molecule has 0 atom stereocenters. The maximum Gasteiger partial charge on any atom is 0.134 e. The average Bonchev–Trinajstić information content (AvgIpc) is 2.17. The number of Topliss-reactive ketones (excluding diaryl/α,β-unsaturated/α-hetero) is 1. The molecule has 3 heteroatoms. The third-order valence-corrected chi connectivity index (χ3v) is 2.56. The molecule has 0 aromatic heterocycles. The molecule has 0 spiro atoms. The predicted molar refractivity (Wildman–Crippen MR) is 61.1 cm³/mol. The number of benzene rings is 1. The van der Waals surface area contributed by atoms with Gasteiger partial charge in [0.25, 0.3) is 0 Å². The smallest absolute Gasteiger partial charge is 0.134 e. The fourth-order valence-electron chi connectivity index (χ4n) is 1.22. The molecule has 0 heterocycles. The van der Waals surface area contributed by atoms with Gasteiger partial charge in [-0.3, -0.25) is 4.79 Å². The molecule has 2 nitrogen and oxygen atoms in total. The lowest BCUT2D eigenvalue weighted by atomic mass is 10.1. The normalized spacial score (nSPS) is 10.1. The van der Waals surface area contributed by atoms with Gasteiger partial charge in [-0.25, -0.2) is 0 Å². The maximum absolute atomic E-state index is 11.2. The third kappa shape index (κ3) is 4.03. The molecule has 1 aromatic rings. The Balaban J connectivity index is 2.38. The van der Waals surface area contributed by atoms with E-state index < -0.39 is 0 Å². The van der Waals surface area contributed by atoms with Gasteiger partial charge in [-0.1, -0.05) is 28.1 Å². The summed E-state index contributed by atoms with van der Waals surface area (Å²) in [5.41, 5.74) is 6.48. The largest absolute Gasteiger partial charge is 0.330 e. The maximum atomic E-state index is 11.2. The van der Waals surface area contributed by atoms with Crippen molar-refractivity contribution in [2.24, 2.45) is 5.73 Å². The Morgan fingerprint density at radius 1 is 1.21 bits per heavy atom. The van der Waals surface area contributed by atoms with E-state index in [2.05, 4.69) is 15.9 Å². The number of ketones is 1. The van der Waals surface area contributed by atoms with Crippen LogP contribution in [0.1, 0.15) is 18.4 Å². The molecule has 0 fully saturated rings. The Labute approximate surface area is 92.6 Å². The number of halogens is 1. The van der Waals surface area contributed by atoms with E-state index in [1.807, 2.05) is 24.3 Å². The van der Waals surface area contributed by atoms with Crippen LogP contribution >= 0.6 is 15.9 Å². The fraction of sp³-hybridized carbons (Fsp3) is 0.364. The molecule has 0 aliphatic carbocycles. The van der Waals surface area contributed by atoms with Gasteiger partial charge >= 0.3 is 0 Å². The number of carbonyl (C=O) groups is 1. The van der Waals surface area contributed by atoms with Crippen molar-refractivity contribution in [1.82, 2.24) is 0 Å². The quantitative estimate of drug-likeness (QED) is 0.878. The zero-order valence-corrected chi connectivity index (χ0v) is 9.59. The van der Waals surface area contributed by atoms with Gasteiger partial charge in [-0.15, -0.1) is 0 Å². The van der Waals surface area contributed by atoms with E-state index in [0.29, 0.717) is 19.4 Å². The van der Waals surface area contributed by atoms with Gasteiger partial charge in [0.05, 0.1) is 0 Å². The van der Waals surface area contributed by atoms with Crippen molar-refractivity contribution in [3.8, 4) is 0 Å². The van der Waals surface area contributed by atoms with Gasteiger partial charge in [-0.2, -0.15) is 0 Å². The zero-order chi connectivity index (χ0) is 10.4. The van der Waals surface area contributed by atoms with Crippen molar-refractivity contribution in [3.05, 3.63) is 34.3 Å². The molecular formula is C11H14BrNO. The zero-order valence-electron chi connectivity index (χ0n) is 8.00. The molecule has 0 unspecified atom stereocenters. The lowest BCUT2D eigenvalue weighted by Crippen LogP contribution is -2.08. The van der Waals surface area contributed by atoms with Gasteiger partial charge in [0.15, 0.2) is 0 Å². The van der Waals surface area contributed by atoms with E-state index in [1.54, 1.807) is 0 Å². The second-order valence-electron chi connectivity index (χ2n) is 3.20. The summed E-state index contributed by atoms with van der Waals surface area (Å²) in [6, 6.07) is 8.03. The molecule has 0 saturated heterocycles. The van der Waals surface area contributed by atoms with Gasteiger partial charge in [0, 0.05) is 17.3 Å². The van der Waals surface area contributed by atoms with Crippen LogP contribution in [-0.4, -0.2) is 12.3 Å². The Morgan fingerprint density at radius 3 is 2.43 bits per heavy atom. The van der Waals surface area contributed by atoms with Gasteiger partial charge in [0.1, 0.15) is 5.78 Å². The second-order valence-corrected chi connectivity index (χ2v) is 4.12. The lowest BCUT2D eigenvalue weighted by Gasteiger charge is -2.00. The summed E-state index contributed by atoms with van der Waals surface area (Å²) >= 11 is 3.37. The summed E-state index contributed by atoms with van der Waals surface area (Å²) in [6.45, 7) is 0.458. The molecule has 1 rings (SSSR count). The van der Waals surface area contributed by atoms with E-state index in [9.17, 15) is 4.79 Å². The Bertz CT molecular complexity index is 295. The Morgan fingerprint density at radius 2 is 1.86 bits per heavy atom. The Kier molecular flexibility index (Phi) is 4.84. The summed E-state index contributed by atoms with van der Waals surface area (Å²) < 4.78 is 1.06. The molecule has 0 radical (unpaired) electrons. The van der Waals surface area contributed by atoms with Crippen molar-refractivity contribution < 1.29 is 4.79 Å². The first kappa shape index (κ1) is 11.4. The first-order valence-corrected chi connectivity index (χ1v) is 5.48. The van der Waals surface area contributed by atoms with Crippen LogP contribution in [0, 0.1) is 0 Å². The summed E-state index contributed by atoms with van der Waals surface area (Å²) in [5, 5.41) is 0. The van der Waals surface area contributed by atoms with Gasteiger partial charge in [0.2, 0.25) is 0 Å². The minimum absolute atomic E-state index is 0.246. The van der Waals surface area contributed by atoms with Crippen LogP contribution in [-0.2, 0) is 11.2 Å². The molecular weight excluding hydrogens is 242 g/mol. The first-order valence-electron chi connectivity index (χ1n) is 4.68. The number of rotatable bonds is 5. The van der Waals surface area contributed by atoms with Crippen LogP contribution in [0.4, 0.5) is 0 Å². The van der Waals surface area contributed by atoms with Crippen molar-refractivity contribution in [2.75, 3.05) is 6.54 Å². The molecule has 0 saturated carbocycles. The Hall–Kier alpha value is -0.670. The summed E-state index contributed by atoms with van der Waals surface area (Å²) in [7, 11) is 0. The first-order chi connectivity index (χ1) is 6.72. The molecule has 1 aromatic carbocycles. The van der Waals surface area contributed by atoms with E-state index in [1.165, 1.54) is 5.56 Å². The average molecular weight is 256 g/mol. The minimum atomic E-state index is 0.246. The fourth-order valence-corrected chi connectivity index (χ4v) is 1.49. The highest BCUT2D eigenvalue weighted by Gasteiger charge is 2.00. The van der Waals surface area contributed by atoms with Crippen LogP contribution in [0.2, 0.25) is 0 Å². The molecule has 0 aliphatic rings. The highest BCUT2D eigenvalue weighted by atomic mass is 79.9. The SMILES string of the molecule is NCCC(=O)CCc1ccc(Br)cc1. The number of nitrogens with two attached hydrogens (primary N) is 1. The van der Waals surface area contributed by atoms with Gasteiger partial charge in [-0.05, 0) is 30.7 Å². The van der Waals surface area contributed by atoms with Crippen LogP contribution < -0.4 is 5.73 Å². The summed E-state index contributed by atoms with van der Waals surface area (Å²) in [5.74, 6) is 0.246. The summed E-state index contributed by atoms with van der Waals surface area (Å²) in [4.78, 5) is 11.2. The molecule has 0 aliphatic heterocycles. The molecule has 76 valence electrons. The number of aryl methyl sites for hydroxylation is 1. The topological polar surface area (TPSA) is 43.1 Å². The van der Waals surface area contributed by atoms with Crippen molar-refractivity contribution in [1.29, 1.82) is 0 Å². The number of hydrogen-bond acceptors (Lipinski definition) is 2. The molecule has 0 amide bonds. The van der Waals surface area contributed by atoms with Crippen LogP contribution in [0.3, 0.4) is 0 Å². The number of carbonyl (C=O) groups excluding carboxylic acids is 1. The second kappa shape index (κ2) is 5.94. The highest BCUT2D eigenvalue weighted by Crippen LogP contribution is 2.12. The molecule has 0 bridgehead atoms. The van der Waals surface area contributed by atoms with E-state index >= 15 is 0 Å². The van der Waals surface area contributed by atoms with Crippen molar-refractivity contribution in [2.45, 2.75) is 19.3 Å². The van der Waals surface area contributed by atoms with Gasteiger partial charge < -0.3 is 5.73 Å². The molecule has 2 N–H and O–H groups in total. The predicted octanol–water partition coefficient (Wildman–Crippen LogP) is 2.30. The molecule has 14 heavy (non-hydrogen) atoms. The van der Waals surface area contributed by atoms with E-state index in [0.717, 1.165) is 10.9 Å². The van der Waals surface area contributed by atoms with Crippen LogP contribution in [0.5, 0.6) is 0 Å². The standard InChI is InChI=1S/C11H14BrNO/c12-10-4-1-9(2-5-10)3-6-11(14)7-8-13/h1-2,4-5H,3,6-8,13H2. The van der Waals surface area contributed by atoms with Crippen molar-refractivity contribution >= 4 is 21.7 Å². The minimum Gasteiger partial charge on any atom is -0.330 e. The monoisotopic (exact) mass is 255 g/mol. The van der Waals surface area contributed by atoms with Crippen LogP contribution in [0.25, 0.3) is 0 Å². The van der Waals surface area contributed by atoms with Crippen LogP contribution in [0.15, 0.2) is 28.7 Å². The van der Waals surface area contributed by atoms with E-state index in [-0.39, 0.29) is 5.78 Å². The lowest BCUT2D eigenvalue weighted by molar-refractivity contribution is -0.118. The third-order valence-electron chi connectivity index (χ3n) is 2.03. The summed E-state index contributed by atoms with van der Waals surface area (Å²) in [6.07, 6.45) is 1.90. The number of hydrogen-bond donors (Lipinski definition) is 1. The highest BCUT2D eigenvalue weighted by molar-refractivity contribution is 9.10.